The summed E-state index contributed by atoms with van der Waals surface area (Å²) in [6, 6.07) is 25.8. The summed E-state index contributed by atoms with van der Waals surface area (Å²) in [4.78, 5) is 0. The van der Waals surface area contributed by atoms with Crippen LogP contribution in [0, 0.1) is 11.8 Å². The molecule has 3 aromatic carbocycles. The number of hydrogen-bond acceptors (Lipinski definition) is 4. The van der Waals surface area contributed by atoms with Gasteiger partial charge in [0.2, 0.25) is 0 Å². The van der Waals surface area contributed by atoms with Gasteiger partial charge >= 0.3 is 0 Å². The van der Waals surface area contributed by atoms with Crippen LogP contribution in [0.4, 0.5) is 22.7 Å². The van der Waals surface area contributed by atoms with Crippen LogP contribution in [0.5, 0.6) is 0 Å². The Hall–Kier alpha value is -3.14. The Balaban J connectivity index is 1.47. The average molecular weight is 431 g/mol. The second-order valence-corrected chi connectivity index (χ2v) is 9.23. The van der Waals surface area contributed by atoms with Crippen LogP contribution in [-0.4, -0.2) is 13.1 Å². The molecule has 0 fully saturated rings. The molecule has 3 rings (SSSR count). The minimum absolute atomic E-state index is 0.639. The first-order valence-electron chi connectivity index (χ1n) is 11.7. The van der Waals surface area contributed by atoms with Crippen LogP contribution in [0.15, 0.2) is 72.8 Å². The molecule has 170 valence electrons. The van der Waals surface area contributed by atoms with Crippen LogP contribution in [0.2, 0.25) is 0 Å². The van der Waals surface area contributed by atoms with Crippen molar-refractivity contribution in [2.24, 2.45) is 11.8 Å². The summed E-state index contributed by atoms with van der Waals surface area (Å²) in [6.07, 6.45) is 0. The van der Waals surface area contributed by atoms with Gasteiger partial charge in [-0.3, -0.25) is 0 Å². The molecular weight excluding hydrogens is 392 g/mol. The van der Waals surface area contributed by atoms with E-state index < -0.39 is 0 Å². The molecule has 4 heteroatoms. The molecule has 0 aromatic heterocycles. The maximum absolute atomic E-state index is 3.52. The first kappa shape index (κ1) is 23.5. The van der Waals surface area contributed by atoms with Gasteiger partial charge in [0.05, 0.1) is 0 Å². The molecule has 3 aromatic rings. The number of hydrogen-bond donors (Lipinski definition) is 4. The Bertz CT molecular complexity index is 856. The molecule has 4 nitrogen and oxygen atoms in total. The molecule has 0 aliphatic heterocycles. The smallest absolute Gasteiger partial charge is 0.0400 e. The lowest BCUT2D eigenvalue weighted by atomic mass is 10.1. The standard InChI is InChI=1S/C28H38N4/c1-21(2)17-29-25-8-12-27(13-9-25)31-19-23-6-5-7-24(16-23)20-32-28-14-10-26(11-15-28)30-18-22(3)4/h5-16,21-22,29-32H,17-20H2,1-4H3. The average Bonchev–Trinajstić information content (AvgIpc) is 2.80. The molecule has 0 aliphatic carbocycles. The van der Waals surface area contributed by atoms with Gasteiger partial charge in [-0.15, -0.1) is 0 Å². The topological polar surface area (TPSA) is 48.1 Å². The summed E-state index contributed by atoms with van der Waals surface area (Å²) in [6.45, 7) is 12.5. The molecule has 0 saturated carbocycles. The van der Waals surface area contributed by atoms with E-state index in [2.05, 4.69) is 122 Å². The molecule has 0 bridgehead atoms. The summed E-state index contributed by atoms with van der Waals surface area (Å²) in [7, 11) is 0. The largest absolute Gasteiger partial charge is 0.385 e. The van der Waals surface area contributed by atoms with Gasteiger partial charge in [-0.1, -0.05) is 52.0 Å². The Morgan fingerprint density at radius 3 is 1.19 bits per heavy atom. The predicted molar refractivity (Wildman–Crippen MR) is 141 cm³/mol. The summed E-state index contributed by atoms with van der Waals surface area (Å²) < 4.78 is 0. The van der Waals surface area contributed by atoms with E-state index in [4.69, 9.17) is 0 Å². The Kier molecular flexibility index (Phi) is 8.85. The molecule has 0 spiro atoms. The van der Waals surface area contributed by atoms with Gasteiger partial charge in [0.25, 0.3) is 0 Å². The highest BCUT2D eigenvalue weighted by molar-refractivity contribution is 5.55. The van der Waals surface area contributed by atoms with Gasteiger partial charge in [-0.05, 0) is 71.5 Å². The Morgan fingerprint density at radius 2 is 0.844 bits per heavy atom. The highest BCUT2D eigenvalue weighted by atomic mass is 14.9. The number of rotatable bonds is 12. The number of benzene rings is 3. The van der Waals surface area contributed by atoms with Crippen molar-refractivity contribution in [1.82, 2.24) is 0 Å². The summed E-state index contributed by atoms with van der Waals surface area (Å²) in [5.74, 6) is 1.28. The van der Waals surface area contributed by atoms with Crippen molar-refractivity contribution < 1.29 is 0 Å². The molecule has 32 heavy (non-hydrogen) atoms. The normalized spacial score (nSPS) is 10.9. The molecule has 0 heterocycles. The van der Waals surface area contributed by atoms with E-state index in [0.29, 0.717) is 11.8 Å². The zero-order chi connectivity index (χ0) is 22.8. The Morgan fingerprint density at radius 1 is 0.500 bits per heavy atom. The molecular formula is C28H38N4. The first-order chi connectivity index (χ1) is 15.5. The zero-order valence-corrected chi connectivity index (χ0v) is 19.9. The van der Waals surface area contributed by atoms with Crippen molar-refractivity contribution in [3.8, 4) is 0 Å². The molecule has 0 saturated heterocycles. The van der Waals surface area contributed by atoms with E-state index in [1.807, 2.05) is 0 Å². The quantitative estimate of drug-likeness (QED) is 0.249. The fourth-order valence-electron chi connectivity index (χ4n) is 3.31. The van der Waals surface area contributed by atoms with Crippen LogP contribution in [0.3, 0.4) is 0 Å². The van der Waals surface area contributed by atoms with Crippen LogP contribution in [0.1, 0.15) is 38.8 Å². The van der Waals surface area contributed by atoms with Gasteiger partial charge in [-0.25, -0.2) is 0 Å². The molecule has 0 unspecified atom stereocenters. The number of anilines is 4. The third kappa shape index (κ3) is 8.18. The fourth-order valence-corrected chi connectivity index (χ4v) is 3.31. The SMILES string of the molecule is CC(C)CNc1ccc(NCc2cccc(CNc3ccc(NCC(C)C)cc3)c2)cc1. The minimum atomic E-state index is 0.639. The molecule has 0 aliphatic rings. The minimum Gasteiger partial charge on any atom is -0.385 e. The van der Waals surface area contributed by atoms with Crippen molar-refractivity contribution in [1.29, 1.82) is 0 Å². The van der Waals surface area contributed by atoms with E-state index in [1.165, 1.54) is 22.5 Å². The van der Waals surface area contributed by atoms with Gasteiger partial charge in [0.1, 0.15) is 0 Å². The second kappa shape index (κ2) is 12.0. The predicted octanol–water partition coefficient (Wildman–Crippen LogP) is 7.05. The lowest BCUT2D eigenvalue weighted by Gasteiger charge is -2.12. The lowest BCUT2D eigenvalue weighted by Crippen LogP contribution is -2.08. The van der Waals surface area contributed by atoms with Crippen molar-refractivity contribution in [2.45, 2.75) is 40.8 Å². The van der Waals surface area contributed by atoms with Crippen LogP contribution < -0.4 is 21.3 Å². The number of nitrogens with one attached hydrogen (secondary N) is 4. The molecule has 0 amide bonds. The van der Waals surface area contributed by atoms with E-state index >= 15 is 0 Å². The van der Waals surface area contributed by atoms with Crippen molar-refractivity contribution in [3.05, 3.63) is 83.9 Å². The zero-order valence-electron chi connectivity index (χ0n) is 19.9. The second-order valence-electron chi connectivity index (χ2n) is 9.23. The molecule has 0 radical (unpaired) electrons. The Labute approximate surface area is 193 Å². The fraction of sp³-hybridized carbons (Fsp3) is 0.357. The summed E-state index contributed by atoms with van der Waals surface area (Å²) >= 11 is 0. The lowest BCUT2D eigenvalue weighted by molar-refractivity contribution is 0.689. The summed E-state index contributed by atoms with van der Waals surface area (Å²) in [5.41, 5.74) is 7.16. The van der Waals surface area contributed by atoms with E-state index in [1.54, 1.807) is 0 Å². The van der Waals surface area contributed by atoms with E-state index in [9.17, 15) is 0 Å². The third-order valence-corrected chi connectivity index (χ3v) is 5.18. The first-order valence-corrected chi connectivity index (χ1v) is 11.7. The maximum atomic E-state index is 3.52. The highest BCUT2D eigenvalue weighted by Gasteiger charge is 2.01. The molecule has 4 N–H and O–H groups in total. The van der Waals surface area contributed by atoms with Crippen molar-refractivity contribution in [3.63, 3.8) is 0 Å². The monoisotopic (exact) mass is 430 g/mol. The third-order valence-electron chi connectivity index (χ3n) is 5.18. The van der Waals surface area contributed by atoms with Crippen LogP contribution in [-0.2, 0) is 13.1 Å². The van der Waals surface area contributed by atoms with E-state index in [-0.39, 0.29) is 0 Å². The maximum Gasteiger partial charge on any atom is 0.0400 e. The molecule has 0 atom stereocenters. The highest BCUT2D eigenvalue weighted by Crippen LogP contribution is 2.17. The summed E-state index contributed by atoms with van der Waals surface area (Å²) in [5, 5.41) is 14.0. The van der Waals surface area contributed by atoms with Gasteiger partial charge in [-0.2, -0.15) is 0 Å². The van der Waals surface area contributed by atoms with Crippen molar-refractivity contribution in [2.75, 3.05) is 34.4 Å². The van der Waals surface area contributed by atoms with E-state index in [0.717, 1.165) is 37.6 Å². The van der Waals surface area contributed by atoms with Crippen LogP contribution >= 0.6 is 0 Å². The van der Waals surface area contributed by atoms with Gasteiger partial charge < -0.3 is 21.3 Å². The van der Waals surface area contributed by atoms with Crippen LogP contribution in [0.25, 0.3) is 0 Å². The van der Waals surface area contributed by atoms with Crippen molar-refractivity contribution >= 4 is 22.7 Å². The van der Waals surface area contributed by atoms with Gasteiger partial charge in [0.15, 0.2) is 0 Å². The van der Waals surface area contributed by atoms with Gasteiger partial charge in [0, 0.05) is 48.9 Å².